The van der Waals surface area contributed by atoms with Crippen LogP contribution in [-0.2, 0) is 0 Å². The molecule has 3 heterocycles. The molecule has 0 bridgehead atoms. The Morgan fingerprint density at radius 3 is 2.00 bits per heavy atom. The molecule has 0 saturated carbocycles. The van der Waals surface area contributed by atoms with Crippen LogP contribution in [0.3, 0.4) is 0 Å². The first kappa shape index (κ1) is 20.4. The smallest absolute Gasteiger partial charge is 0.225 e. The van der Waals surface area contributed by atoms with Crippen molar-refractivity contribution in [2.75, 3.05) is 44.3 Å². The molecule has 7 heteroatoms. The first-order valence-corrected chi connectivity index (χ1v) is 9.75. The maximum atomic E-state index is 8.88. The van der Waals surface area contributed by atoms with E-state index in [4.69, 9.17) is 21.8 Å². The Morgan fingerprint density at radius 1 is 0.960 bits per heavy atom. The van der Waals surface area contributed by atoms with E-state index in [1.54, 1.807) is 12.4 Å². The number of rotatable bonds is 5. The summed E-state index contributed by atoms with van der Waals surface area (Å²) >= 11 is 5.74. The summed E-state index contributed by atoms with van der Waals surface area (Å²) in [4.78, 5) is 10.6. The molecule has 6 nitrogen and oxygen atoms in total. The normalized spacial score (nSPS) is 19.4. The molecule has 1 aromatic heterocycles. The maximum Gasteiger partial charge on any atom is 0.225 e. The highest BCUT2D eigenvalue weighted by Gasteiger charge is 2.20. The SMILES string of the molecule is OCCC1CCN(c2ncc(Cl)cn2)CC1.OCCC1CCNCC1. The molecule has 0 radical (unpaired) electrons. The number of anilines is 1. The number of aliphatic hydroxyl groups is 2. The lowest BCUT2D eigenvalue weighted by Crippen LogP contribution is -2.35. The van der Waals surface area contributed by atoms with Crippen LogP contribution in [-0.4, -0.2) is 59.6 Å². The quantitative estimate of drug-likeness (QED) is 0.736. The van der Waals surface area contributed by atoms with Gasteiger partial charge < -0.3 is 20.4 Å². The van der Waals surface area contributed by atoms with Crippen LogP contribution < -0.4 is 10.2 Å². The van der Waals surface area contributed by atoms with Crippen LogP contribution in [0.15, 0.2) is 12.4 Å². The van der Waals surface area contributed by atoms with E-state index in [0.29, 0.717) is 24.2 Å². The van der Waals surface area contributed by atoms with Crippen molar-refractivity contribution >= 4 is 17.5 Å². The summed E-state index contributed by atoms with van der Waals surface area (Å²) in [5, 5.41) is 21.3. The zero-order chi connectivity index (χ0) is 17.9. The molecule has 3 rings (SSSR count). The summed E-state index contributed by atoms with van der Waals surface area (Å²) in [6.45, 7) is 4.88. The largest absolute Gasteiger partial charge is 0.396 e. The molecular weight excluding hydrogens is 340 g/mol. The van der Waals surface area contributed by atoms with Gasteiger partial charge in [0.25, 0.3) is 0 Å². The Morgan fingerprint density at radius 2 is 1.48 bits per heavy atom. The lowest BCUT2D eigenvalue weighted by molar-refractivity contribution is 0.235. The monoisotopic (exact) mass is 370 g/mol. The fraction of sp³-hybridized carbons (Fsp3) is 0.778. The van der Waals surface area contributed by atoms with Crippen LogP contribution in [0.4, 0.5) is 5.95 Å². The number of hydrogen-bond acceptors (Lipinski definition) is 6. The van der Waals surface area contributed by atoms with Gasteiger partial charge in [0.2, 0.25) is 5.95 Å². The number of nitrogens with zero attached hydrogens (tertiary/aromatic N) is 3. The number of halogens is 1. The zero-order valence-corrected chi connectivity index (χ0v) is 15.7. The summed E-state index contributed by atoms with van der Waals surface area (Å²) in [7, 11) is 0. The van der Waals surface area contributed by atoms with Crippen molar-refractivity contribution < 1.29 is 10.2 Å². The van der Waals surface area contributed by atoms with Crippen molar-refractivity contribution in [2.24, 2.45) is 11.8 Å². The minimum Gasteiger partial charge on any atom is -0.396 e. The van der Waals surface area contributed by atoms with Crippen LogP contribution in [0.5, 0.6) is 0 Å². The summed E-state index contributed by atoms with van der Waals surface area (Å²) < 4.78 is 0. The molecule has 0 aliphatic carbocycles. The van der Waals surface area contributed by atoms with Crippen LogP contribution >= 0.6 is 11.6 Å². The molecule has 0 aromatic carbocycles. The van der Waals surface area contributed by atoms with Gasteiger partial charge in [-0.25, -0.2) is 9.97 Å². The van der Waals surface area contributed by atoms with Crippen molar-refractivity contribution in [1.82, 2.24) is 15.3 Å². The summed E-state index contributed by atoms with van der Waals surface area (Å²) in [6.07, 6.45) is 9.88. The summed E-state index contributed by atoms with van der Waals surface area (Å²) in [5.41, 5.74) is 0. The second-order valence-corrected chi connectivity index (χ2v) is 7.29. The maximum absolute atomic E-state index is 8.88. The molecule has 2 aliphatic rings. The van der Waals surface area contributed by atoms with Crippen LogP contribution in [0.2, 0.25) is 5.02 Å². The van der Waals surface area contributed by atoms with E-state index in [9.17, 15) is 0 Å². The number of nitrogens with one attached hydrogen (secondary N) is 1. The van der Waals surface area contributed by atoms with E-state index >= 15 is 0 Å². The van der Waals surface area contributed by atoms with E-state index in [2.05, 4.69) is 20.2 Å². The van der Waals surface area contributed by atoms with Gasteiger partial charge in [0, 0.05) is 26.3 Å². The second-order valence-electron chi connectivity index (χ2n) is 6.85. The van der Waals surface area contributed by atoms with Crippen molar-refractivity contribution in [3.8, 4) is 0 Å². The van der Waals surface area contributed by atoms with Crippen molar-refractivity contribution in [3.05, 3.63) is 17.4 Å². The molecule has 0 atom stereocenters. The first-order valence-electron chi connectivity index (χ1n) is 9.38. The molecule has 25 heavy (non-hydrogen) atoms. The van der Waals surface area contributed by atoms with Gasteiger partial charge in [-0.3, -0.25) is 0 Å². The second kappa shape index (κ2) is 11.6. The summed E-state index contributed by atoms with van der Waals surface area (Å²) in [6, 6.07) is 0. The highest BCUT2D eigenvalue weighted by Crippen LogP contribution is 2.22. The Kier molecular flexibility index (Phi) is 9.47. The first-order chi connectivity index (χ1) is 12.2. The van der Waals surface area contributed by atoms with Crippen LogP contribution in [0.1, 0.15) is 38.5 Å². The number of hydrogen-bond donors (Lipinski definition) is 3. The van der Waals surface area contributed by atoms with Gasteiger partial charge in [-0.05, 0) is 63.5 Å². The standard InChI is InChI=1S/C11H16ClN3O.C7H15NO/c12-10-7-13-11(14-8-10)15-4-1-9(2-5-15)3-6-16;9-6-3-7-1-4-8-5-2-7/h7-9,16H,1-6H2;7-9H,1-6H2. The van der Waals surface area contributed by atoms with Gasteiger partial charge in [-0.1, -0.05) is 11.6 Å². The third-order valence-corrected chi connectivity index (χ3v) is 5.23. The Balaban J connectivity index is 0.000000212. The van der Waals surface area contributed by atoms with E-state index in [-0.39, 0.29) is 0 Å². The summed E-state index contributed by atoms with van der Waals surface area (Å²) in [5.74, 6) is 2.19. The molecule has 1 aromatic rings. The van der Waals surface area contributed by atoms with Crippen molar-refractivity contribution in [2.45, 2.75) is 38.5 Å². The van der Waals surface area contributed by atoms with Crippen molar-refractivity contribution in [3.63, 3.8) is 0 Å². The molecule has 2 saturated heterocycles. The topological polar surface area (TPSA) is 81.5 Å². The number of aromatic nitrogens is 2. The van der Waals surface area contributed by atoms with Gasteiger partial charge in [-0.2, -0.15) is 0 Å². The Hall–Kier alpha value is -0.950. The minimum atomic E-state index is 0.294. The molecule has 142 valence electrons. The molecule has 3 N–H and O–H groups in total. The predicted molar refractivity (Wildman–Crippen MR) is 101 cm³/mol. The van der Waals surface area contributed by atoms with Crippen molar-refractivity contribution in [1.29, 1.82) is 0 Å². The van der Waals surface area contributed by atoms with Gasteiger partial charge in [0.1, 0.15) is 0 Å². The zero-order valence-electron chi connectivity index (χ0n) is 14.9. The fourth-order valence-corrected chi connectivity index (χ4v) is 3.52. The average molecular weight is 371 g/mol. The lowest BCUT2D eigenvalue weighted by Gasteiger charge is -2.31. The molecule has 0 spiro atoms. The molecule has 0 unspecified atom stereocenters. The van der Waals surface area contributed by atoms with Gasteiger partial charge in [-0.15, -0.1) is 0 Å². The van der Waals surface area contributed by atoms with Crippen LogP contribution in [0.25, 0.3) is 0 Å². The van der Waals surface area contributed by atoms with E-state index in [1.165, 1.54) is 12.8 Å². The average Bonchev–Trinajstić information content (AvgIpc) is 2.65. The van der Waals surface area contributed by atoms with E-state index < -0.39 is 0 Å². The van der Waals surface area contributed by atoms with Gasteiger partial charge in [0.15, 0.2) is 0 Å². The third kappa shape index (κ3) is 7.44. The highest BCUT2D eigenvalue weighted by molar-refractivity contribution is 6.30. The molecule has 0 amide bonds. The number of aliphatic hydroxyl groups excluding tert-OH is 2. The molecule has 2 fully saturated rings. The van der Waals surface area contributed by atoms with Crippen LogP contribution in [0, 0.1) is 11.8 Å². The Bertz CT molecular complexity index is 458. The van der Waals surface area contributed by atoms with E-state index in [1.807, 2.05) is 0 Å². The third-order valence-electron chi connectivity index (χ3n) is 5.04. The number of piperidine rings is 2. The lowest BCUT2D eigenvalue weighted by atomic mass is 9.94. The fourth-order valence-electron chi connectivity index (χ4n) is 3.43. The highest BCUT2D eigenvalue weighted by atomic mass is 35.5. The van der Waals surface area contributed by atoms with Gasteiger partial charge in [0.05, 0.1) is 17.4 Å². The van der Waals surface area contributed by atoms with Gasteiger partial charge >= 0.3 is 0 Å². The predicted octanol–water partition coefficient (Wildman–Crippen LogP) is 2.10. The molecular formula is C18H31ClN4O2. The van der Waals surface area contributed by atoms with E-state index in [0.717, 1.165) is 63.7 Å². The minimum absolute atomic E-state index is 0.294. The molecule has 2 aliphatic heterocycles. The Labute approximate surface area is 155 Å².